The molecule has 0 aliphatic carbocycles. The molecule has 1 aromatic rings. The Morgan fingerprint density at radius 2 is 1.90 bits per heavy atom. The molecule has 1 aromatic carbocycles. The smallest absolute Gasteiger partial charge is 0.150 e. The highest BCUT2D eigenvalue weighted by Crippen LogP contribution is 2.28. The summed E-state index contributed by atoms with van der Waals surface area (Å²) in [4.78, 5) is 0. The summed E-state index contributed by atoms with van der Waals surface area (Å²) in [5, 5.41) is 3.42. The van der Waals surface area contributed by atoms with Crippen LogP contribution in [0.25, 0.3) is 0 Å². The monoisotopic (exact) mass is 377 g/mol. The average Bonchev–Trinajstić information content (AvgIpc) is 2.26. The molecule has 0 heterocycles. The van der Waals surface area contributed by atoms with E-state index in [1.165, 1.54) is 6.26 Å². The Morgan fingerprint density at radius 1 is 1.29 bits per heavy atom. The van der Waals surface area contributed by atoms with Crippen molar-refractivity contribution in [1.29, 1.82) is 0 Å². The van der Waals surface area contributed by atoms with Crippen LogP contribution in [-0.2, 0) is 16.4 Å². The van der Waals surface area contributed by atoms with Crippen molar-refractivity contribution in [2.24, 2.45) is 0 Å². The second-order valence-electron chi connectivity index (χ2n) is 6.29. The molecule has 0 radical (unpaired) electrons. The number of rotatable bonds is 6. The predicted molar refractivity (Wildman–Crippen MR) is 90.7 cm³/mol. The van der Waals surface area contributed by atoms with Crippen molar-refractivity contribution in [2.45, 2.75) is 39.8 Å². The van der Waals surface area contributed by atoms with Gasteiger partial charge in [0.15, 0.2) is 9.84 Å². The van der Waals surface area contributed by atoms with Crippen LogP contribution in [0.5, 0.6) is 5.75 Å². The predicted octanol–water partition coefficient (Wildman–Crippen LogP) is 3.07. The zero-order valence-corrected chi connectivity index (χ0v) is 15.7. The van der Waals surface area contributed by atoms with E-state index in [0.29, 0.717) is 6.54 Å². The lowest BCUT2D eigenvalue weighted by molar-refractivity contribution is 0.330. The number of halogens is 1. The quantitative estimate of drug-likeness (QED) is 0.827. The van der Waals surface area contributed by atoms with Gasteiger partial charge in [0.2, 0.25) is 0 Å². The average molecular weight is 378 g/mol. The van der Waals surface area contributed by atoms with Crippen molar-refractivity contribution in [3.8, 4) is 5.75 Å². The third-order valence-electron chi connectivity index (χ3n) is 2.83. The Balaban J connectivity index is 2.90. The summed E-state index contributed by atoms with van der Waals surface area (Å²) in [7, 11) is -3.01. The van der Waals surface area contributed by atoms with Crippen LogP contribution in [0.3, 0.4) is 0 Å². The Hall–Kier alpha value is -0.590. The minimum absolute atomic E-state index is 0.000248. The number of sulfone groups is 1. The zero-order valence-electron chi connectivity index (χ0n) is 13.3. The van der Waals surface area contributed by atoms with Crippen LogP contribution < -0.4 is 10.1 Å². The molecule has 1 rings (SSSR count). The van der Waals surface area contributed by atoms with Crippen LogP contribution >= 0.6 is 15.9 Å². The molecule has 0 aromatic heterocycles. The van der Waals surface area contributed by atoms with Gasteiger partial charge < -0.3 is 10.1 Å². The van der Waals surface area contributed by atoms with Gasteiger partial charge in [-0.25, -0.2) is 8.42 Å². The van der Waals surface area contributed by atoms with Crippen LogP contribution in [0, 0.1) is 6.92 Å². The molecule has 0 aliphatic rings. The second kappa shape index (κ2) is 7.11. The highest BCUT2D eigenvalue weighted by Gasteiger charge is 2.14. The first-order chi connectivity index (χ1) is 9.48. The van der Waals surface area contributed by atoms with Crippen LogP contribution in [0.15, 0.2) is 16.6 Å². The lowest BCUT2D eigenvalue weighted by Gasteiger charge is -2.22. The number of hydrogen-bond acceptors (Lipinski definition) is 4. The highest BCUT2D eigenvalue weighted by molar-refractivity contribution is 9.10. The van der Waals surface area contributed by atoms with E-state index in [-0.39, 0.29) is 17.9 Å². The lowest BCUT2D eigenvalue weighted by Crippen LogP contribution is -2.35. The fraction of sp³-hybridized carbons (Fsp3) is 0.600. The molecule has 4 nitrogen and oxygen atoms in total. The summed E-state index contributed by atoms with van der Waals surface area (Å²) >= 11 is 3.49. The fourth-order valence-electron chi connectivity index (χ4n) is 1.79. The Kier molecular flexibility index (Phi) is 6.25. The maximum atomic E-state index is 11.2. The van der Waals surface area contributed by atoms with Crippen molar-refractivity contribution in [3.63, 3.8) is 0 Å². The normalized spacial score (nSPS) is 12.5. The van der Waals surface area contributed by atoms with Gasteiger partial charge in [0, 0.05) is 28.4 Å². The van der Waals surface area contributed by atoms with E-state index in [1.54, 1.807) is 0 Å². The minimum atomic E-state index is -3.01. The zero-order chi connectivity index (χ0) is 16.3. The van der Waals surface area contributed by atoms with Gasteiger partial charge in [-0.15, -0.1) is 0 Å². The second-order valence-corrected chi connectivity index (χ2v) is 9.47. The summed E-state index contributed by atoms with van der Waals surface area (Å²) in [5.74, 6) is 0.785. The largest absolute Gasteiger partial charge is 0.492 e. The van der Waals surface area contributed by atoms with Gasteiger partial charge in [0.05, 0.1) is 5.75 Å². The Bertz CT molecular complexity index is 592. The minimum Gasteiger partial charge on any atom is -0.492 e. The summed E-state index contributed by atoms with van der Waals surface area (Å²) < 4.78 is 29.1. The molecule has 0 saturated carbocycles. The molecule has 6 heteroatoms. The van der Waals surface area contributed by atoms with Gasteiger partial charge in [0.1, 0.15) is 12.4 Å². The molecule has 0 saturated heterocycles. The summed E-state index contributed by atoms with van der Waals surface area (Å²) in [5.41, 5.74) is 2.01. The van der Waals surface area contributed by atoms with E-state index in [2.05, 4.69) is 42.0 Å². The van der Waals surface area contributed by atoms with Crippen LogP contribution in [0.1, 0.15) is 31.9 Å². The Labute approximate surface area is 136 Å². The van der Waals surface area contributed by atoms with E-state index in [4.69, 9.17) is 4.74 Å². The molecule has 0 spiro atoms. The third-order valence-corrected chi connectivity index (χ3v) is 4.19. The number of aryl methyl sites for hydroxylation is 1. The van der Waals surface area contributed by atoms with Gasteiger partial charge in [-0.2, -0.15) is 0 Å². The summed E-state index contributed by atoms with van der Waals surface area (Å²) in [6.45, 7) is 9.09. The van der Waals surface area contributed by atoms with Gasteiger partial charge in [-0.3, -0.25) is 0 Å². The van der Waals surface area contributed by atoms with Crippen molar-refractivity contribution in [2.75, 3.05) is 18.6 Å². The topological polar surface area (TPSA) is 55.4 Å². The number of hydrogen-bond donors (Lipinski definition) is 1. The standard InChI is InChI=1S/C15H24BrNO3S/c1-11-8-13(16)9-12(10-17-15(2,3)4)14(11)20-6-7-21(5,18)19/h8-9,17H,6-7,10H2,1-5H3. The van der Waals surface area contributed by atoms with Crippen LogP contribution in [-0.4, -0.2) is 32.6 Å². The first-order valence-electron chi connectivity index (χ1n) is 6.82. The number of benzene rings is 1. The fourth-order valence-corrected chi connectivity index (χ4v) is 2.80. The number of nitrogens with one attached hydrogen (secondary N) is 1. The van der Waals surface area contributed by atoms with Crippen molar-refractivity contribution in [1.82, 2.24) is 5.32 Å². The molecule has 0 bridgehead atoms. The first kappa shape index (κ1) is 18.5. The Morgan fingerprint density at radius 3 is 2.43 bits per heavy atom. The SMILES string of the molecule is Cc1cc(Br)cc(CNC(C)(C)C)c1OCCS(C)(=O)=O. The van der Waals surface area contributed by atoms with Crippen molar-refractivity contribution >= 4 is 25.8 Å². The van der Waals surface area contributed by atoms with Gasteiger partial charge in [0.25, 0.3) is 0 Å². The molecular formula is C15H24BrNO3S. The lowest BCUT2D eigenvalue weighted by atomic mass is 10.1. The van der Waals surface area contributed by atoms with E-state index < -0.39 is 9.84 Å². The van der Waals surface area contributed by atoms with E-state index in [0.717, 1.165) is 21.3 Å². The highest BCUT2D eigenvalue weighted by atomic mass is 79.9. The van der Waals surface area contributed by atoms with Gasteiger partial charge >= 0.3 is 0 Å². The van der Waals surface area contributed by atoms with Crippen LogP contribution in [0.4, 0.5) is 0 Å². The maximum absolute atomic E-state index is 11.2. The first-order valence-corrected chi connectivity index (χ1v) is 9.68. The molecule has 0 unspecified atom stereocenters. The summed E-state index contributed by atoms with van der Waals surface area (Å²) in [6, 6.07) is 3.97. The molecule has 0 aliphatic heterocycles. The van der Waals surface area contributed by atoms with Crippen molar-refractivity contribution in [3.05, 3.63) is 27.7 Å². The maximum Gasteiger partial charge on any atom is 0.150 e. The molecule has 120 valence electrons. The van der Waals surface area contributed by atoms with Crippen LogP contribution in [0.2, 0.25) is 0 Å². The van der Waals surface area contributed by atoms with E-state index in [1.807, 2.05) is 19.1 Å². The molecule has 1 N–H and O–H groups in total. The number of ether oxygens (including phenoxy) is 1. The van der Waals surface area contributed by atoms with Gasteiger partial charge in [-0.1, -0.05) is 15.9 Å². The van der Waals surface area contributed by atoms with Crippen molar-refractivity contribution < 1.29 is 13.2 Å². The molecule has 21 heavy (non-hydrogen) atoms. The van der Waals surface area contributed by atoms with Gasteiger partial charge in [-0.05, 0) is 45.4 Å². The molecule has 0 amide bonds. The van der Waals surface area contributed by atoms with E-state index in [9.17, 15) is 8.42 Å². The van der Waals surface area contributed by atoms with E-state index >= 15 is 0 Å². The molecular weight excluding hydrogens is 354 g/mol. The third kappa shape index (κ3) is 7.29. The molecule has 0 fully saturated rings. The summed E-state index contributed by atoms with van der Waals surface area (Å²) in [6.07, 6.45) is 1.22. The molecule has 0 atom stereocenters.